The maximum atomic E-state index is 14.4. The van der Waals surface area contributed by atoms with E-state index in [1.54, 1.807) is 4.90 Å². The third kappa shape index (κ3) is 3.97. The zero-order valence-electron chi connectivity index (χ0n) is 20.2. The molecular weight excluding hydrogens is 501 g/mol. The number of carbonyl (C=O) groups is 1. The average molecular weight is 528 g/mol. The van der Waals surface area contributed by atoms with Crippen LogP contribution in [0.25, 0.3) is 11.1 Å². The van der Waals surface area contributed by atoms with Crippen molar-refractivity contribution in [2.24, 2.45) is 11.1 Å². The summed E-state index contributed by atoms with van der Waals surface area (Å²) in [4.78, 5) is 16.9. The van der Waals surface area contributed by atoms with E-state index in [4.69, 9.17) is 16.7 Å². The SMILES string of the molecule is C[C@@H]1Cc2cc(F)c(S(N)(=O)=O)cc2N1C(=O)[C@H]1CN(c2ccc(-c3ccccc3Cl)cc2)C1(C)C. The summed E-state index contributed by atoms with van der Waals surface area (Å²) in [5, 5.41) is 5.89. The van der Waals surface area contributed by atoms with Gasteiger partial charge in [0.25, 0.3) is 0 Å². The Balaban J connectivity index is 1.39. The second-order valence-corrected chi connectivity index (χ2v) is 12.0. The Hall–Kier alpha value is -2.94. The summed E-state index contributed by atoms with van der Waals surface area (Å²) >= 11 is 6.34. The lowest BCUT2D eigenvalue weighted by Gasteiger charge is -2.56. The summed E-state index contributed by atoms with van der Waals surface area (Å²) in [5.41, 5.74) is 3.50. The minimum Gasteiger partial charge on any atom is -0.365 e. The second-order valence-electron chi connectivity index (χ2n) is 10.1. The van der Waals surface area contributed by atoms with Crippen LogP contribution in [-0.4, -0.2) is 32.5 Å². The van der Waals surface area contributed by atoms with Gasteiger partial charge in [0.05, 0.1) is 5.92 Å². The molecule has 0 bridgehead atoms. The molecule has 2 aliphatic rings. The molecule has 36 heavy (non-hydrogen) atoms. The van der Waals surface area contributed by atoms with Crippen LogP contribution in [0.3, 0.4) is 0 Å². The predicted molar refractivity (Wildman–Crippen MR) is 140 cm³/mol. The number of anilines is 2. The number of primary sulfonamides is 1. The number of fused-ring (bicyclic) bond motifs is 1. The maximum Gasteiger partial charge on any atom is 0.241 e. The molecule has 2 N–H and O–H groups in total. The Morgan fingerprint density at radius 3 is 2.39 bits per heavy atom. The van der Waals surface area contributed by atoms with Crippen LogP contribution in [0.15, 0.2) is 65.6 Å². The molecule has 2 aliphatic heterocycles. The Morgan fingerprint density at radius 1 is 1.11 bits per heavy atom. The van der Waals surface area contributed by atoms with Crippen LogP contribution in [0.1, 0.15) is 26.3 Å². The zero-order valence-corrected chi connectivity index (χ0v) is 21.8. The van der Waals surface area contributed by atoms with Crippen molar-refractivity contribution in [3.8, 4) is 11.1 Å². The first-order valence-corrected chi connectivity index (χ1v) is 13.6. The number of hydrogen-bond donors (Lipinski definition) is 1. The molecule has 1 amide bonds. The number of rotatable bonds is 4. The van der Waals surface area contributed by atoms with Gasteiger partial charge in [0.1, 0.15) is 10.7 Å². The molecule has 3 aromatic carbocycles. The normalized spacial score (nSPS) is 20.7. The molecule has 5 rings (SSSR count). The summed E-state index contributed by atoms with van der Waals surface area (Å²) in [6, 6.07) is 17.9. The van der Waals surface area contributed by atoms with E-state index >= 15 is 0 Å². The standard InChI is InChI=1S/C27H27ClFN3O3S/c1-16-12-18-13-23(29)25(36(30,34)35)14-24(18)32(16)26(33)21-15-31(27(21,2)3)19-10-8-17(9-11-19)20-6-4-5-7-22(20)28/h4-11,13-14,16,21H,12,15H2,1-3H3,(H2,30,34,35)/t16-,21-/m1/s1. The van der Waals surface area contributed by atoms with Gasteiger partial charge in [-0.05, 0) is 68.7 Å². The monoisotopic (exact) mass is 527 g/mol. The van der Waals surface area contributed by atoms with Crippen molar-refractivity contribution in [2.75, 3.05) is 16.3 Å². The summed E-state index contributed by atoms with van der Waals surface area (Å²) in [6.45, 7) is 6.43. The fourth-order valence-electron chi connectivity index (χ4n) is 5.39. The van der Waals surface area contributed by atoms with Crippen molar-refractivity contribution in [1.29, 1.82) is 0 Å². The summed E-state index contributed by atoms with van der Waals surface area (Å²) in [7, 11) is -4.26. The number of hydrogen-bond acceptors (Lipinski definition) is 4. The molecule has 0 aromatic heterocycles. The molecule has 0 saturated carbocycles. The molecule has 0 radical (unpaired) electrons. The van der Waals surface area contributed by atoms with Gasteiger partial charge in [-0.2, -0.15) is 0 Å². The largest absolute Gasteiger partial charge is 0.365 e. The van der Waals surface area contributed by atoms with Gasteiger partial charge in [0.15, 0.2) is 0 Å². The highest BCUT2D eigenvalue weighted by Crippen LogP contribution is 2.44. The fraction of sp³-hybridized carbons (Fsp3) is 0.296. The molecule has 188 valence electrons. The lowest BCUT2D eigenvalue weighted by Crippen LogP contribution is -2.69. The van der Waals surface area contributed by atoms with Crippen molar-refractivity contribution in [3.63, 3.8) is 0 Å². The molecule has 9 heteroatoms. The van der Waals surface area contributed by atoms with Crippen LogP contribution in [0.4, 0.5) is 15.8 Å². The fourth-order valence-corrected chi connectivity index (χ4v) is 6.24. The van der Waals surface area contributed by atoms with Crippen LogP contribution in [-0.2, 0) is 21.2 Å². The molecule has 2 atom stereocenters. The number of benzene rings is 3. The van der Waals surface area contributed by atoms with Gasteiger partial charge in [0.2, 0.25) is 15.9 Å². The molecule has 0 spiro atoms. The highest BCUT2D eigenvalue weighted by Gasteiger charge is 2.53. The highest BCUT2D eigenvalue weighted by atomic mass is 35.5. The number of halogens is 2. The van der Waals surface area contributed by atoms with Crippen molar-refractivity contribution in [3.05, 3.63) is 77.1 Å². The van der Waals surface area contributed by atoms with Gasteiger partial charge >= 0.3 is 0 Å². The minimum atomic E-state index is -4.26. The third-order valence-corrected chi connectivity index (χ3v) is 8.72. The van der Waals surface area contributed by atoms with E-state index in [9.17, 15) is 17.6 Å². The first kappa shape index (κ1) is 24.7. The Kier molecular flexibility index (Phi) is 5.89. The van der Waals surface area contributed by atoms with Crippen LogP contribution in [0.5, 0.6) is 0 Å². The first-order chi connectivity index (χ1) is 16.9. The first-order valence-electron chi connectivity index (χ1n) is 11.7. The van der Waals surface area contributed by atoms with E-state index < -0.39 is 26.3 Å². The van der Waals surface area contributed by atoms with E-state index in [1.165, 1.54) is 12.1 Å². The Bertz CT molecular complexity index is 1470. The molecule has 6 nitrogen and oxygen atoms in total. The van der Waals surface area contributed by atoms with E-state index in [2.05, 4.69) is 4.90 Å². The van der Waals surface area contributed by atoms with Crippen molar-refractivity contribution in [2.45, 2.75) is 43.7 Å². The van der Waals surface area contributed by atoms with Crippen LogP contribution in [0.2, 0.25) is 5.02 Å². The van der Waals surface area contributed by atoms with E-state index in [0.717, 1.165) is 16.8 Å². The van der Waals surface area contributed by atoms with Crippen molar-refractivity contribution >= 4 is 38.9 Å². The highest BCUT2D eigenvalue weighted by molar-refractivity contribution is 7.89. The van der Waals surface area contributed by atoms with E-state index in [0.29, 0.717) is 29.2 Å². The maximum absolute atomic E-state index is 14.4. The average Bonchev–Trinajstić information content (AvgIpc) is 3.12. The van der Waals surface area contributed by atoms with Gasteiger partial charge in [-0.3, -0.25) is 4.79 Å². The molecule has 1 saturated heterocycles. The van der Waals surface area contributed by atoms with E-state index in [1.807, 2.05) is 69.3 Å². The quantitative estimate of drug-likeness (QED) is 0.518. The van der Waals surface area contributed by atoms with Crippen LogP contribution >= 0.6 is 11.6 Å². The van der Waals surface area contributed by atoms with Gasteiger partial charge in [-0.15, -0.1) is 0 Å². The van der Waals surface area contributed by atoms with Crippen molar-refractivity contribution in [1.82, 2.24) is 0 Å². The number of amides is 1. The van der Waals surface area contributed by atoms with Gasteiger partial charge in [0, 0.05) is 40.1 Å². The second kappa shape index (κ2) is 8.57. The predicted octanol–water partition coefficient (Wildman–Crippen LogP) is 4.99. The molecule has 3 aromatic rings. The lowest BCUT2D eigenvalue weighted by atomic mass is 9.75. The van der Waals surface area contributed by atoms with Crippen LogP contribution < -0.4 is 14.9 Å². The molecular formula is C27H27ClFN3O3S. The molecule has 1 fully saturated rings. The Morgan fingerprint density at radius 2 is 1.78 bits per heavy atom. The minimum absolute atomic E-state index is 0.109. The third-order valence-electron chi connectivity index (χ3n) is 7.47. The Labute approximate surface area is 215 Å². The number of sulfonamides is 1. The number of nitrogens with zero attached hydrogens (tertiary/aromatic N) is 2. The molecule has 2 heterocycles. The van der Waals surface area contributed by atoms with Crippen LogP contribution in [0, 0.1) is 11.7 Å². The number of carbonyl (C=O) groups excluding carboxylic acids is 1. The van der Waals surface area contributed by atoms with E-state index in [-0.39, 0.29) is 17.9 Å². The summed E-state index contributed by atoms with van der Waals surface area (Å²) in [5.74, 6) is -1.33. The topological polar surface area (TPSA) is 83.7 Å². The smallest absolute Gasteiger partial charge is 0.241 e. The summed E-state index contributed by atoms with van der Waals surface area (Å²) < 4.78 is 38.1. The zero-order chi connectivity index (χ0) is 26.0. The van der Waals surface area contributed by atoms with Gasteiger partial charge < -0.3 is 9.80 Å². The molecule has 0 unspecified atom stereocenters. The number of nitrogens with two attached hydrogens (primary N) is 1. The molecule has 0 aliphatic carbocycles. The lowest BCUT2D eigenvalue weighted by molar-refractivity contribution is -0.126. The summed E-state index contributed by atoms with van der Waals surface area (Å²) in [6.07, 6.45) is 0.448. The van der Waals surface area contributed by atoms with Crippen molar-refractivity contribution < 1.29 is 17.6 Å². The van der Waals surface area contributed by atoms with Gasteiger partial charge in [-0.25, -0.2) is 17.9 Å². The van der Waals surface area contributed by atoms with Gasteiger partial charge in [-0.1, -0.05) is 41.9 Å².